The zero-order chi connectivity index (χ0) is 24.2. The monoisotopic (exact) mass is 464 g/mol. The van der Waals surface area contributed by atoms with Gasteiger partial charge in [-0.15, -0.1) is 0 Å². The number of allylic oxidation sites excluding steroid dienone is 1. The minimum Gasteiger partial charge on any atom is -0.377 e. The predicted molar refractivity (Wildman–Crippen MR) is 129 cm³/mol. The second-order valence-electron chi connectivity index (χ2n) is 7.97. The molecule has 1 aromatic heterocycles. The van der Waals surface area contributed by atoms with E-state index < -0.39 is 5.82 Å². The number of anilines is 1. The molecule has 4 rings (SSSR count). The second kappa shape index (κ2) is 9.98. The van der Waals surface area contributed by atoms with E-state index in [9.17, 15) is 14.0 Å². The van der Waals surface area contributed by atoms with Crippen LogP contribution in [0.3, 0.4) is 0 Å². The fourth-order valence-corrected chi connectivity index (χ4v) is 4.00. The molecule has 1 aliphatic heterocycles. The number of carbonyl (C=O) groups is 1. The Hall–Kier alpha value is -3.82. The lowest BCUT2D eigenvalue weighted by Crippen LogP contribution is -2.30. The number of hydrogen-bond donors (Lipinski definition) is 3. The molecule has 1 amide bonds. The Morgan fingerprint density at radius 2 is 1.79 bits per heavy atom. The summed E-state index contributed by atoms with van der Waals surface area (Å²) in [7, 11) is 3.20. The van der Waals surface area contributed by atoms with Gasteiger partial charge in [-0.1, -0.05) is 0 Å². The number of carbonyl (C=O) groups excluding carboxylic acids is 1. The van der Waals surface area contributed by atoms with Crippen molar-refractivity contribution in [1.82, 2.24) is 9.88 Å². The van der Waals surface area contributed by atoms with Gasteiger partial charge in [0.05, 0.1) is 5.56 Å². The number of halogens is 1. The first-order chi connectivity index (χ1) is 16.4. The molecule has 0 bridgehead atoms. The highest BCUT2D eigenvalue weighted by Crippen LogP contribution is 2.20. The van der Waals surface area contributed by atoms with Crippen LogP contribution in [0.15, 0.2) is 59.5 Å². The van der Waals surface area contributed by atoms with Gasteiger partial charge in [0.15, 0.2) is 0 Å². The molecule has 0 aliphatic carbocycles. The van der Waals surface area contributed by atoms with Gasteiger partial charge in [0.2, 0.25) is 0 Å². The van der Waals surface area contributed by atoms with Crippen molar-refractivity contribution < 1.29 is 18.7 Å². The first-order valence-corrected chi connectivity index (χ1v) is 10.7. The van der Waals surface area contributed by atoms with Gasteiger partial charge in [0.25, 0.3) is 11.5 Å². The van der Waals surface area contributed by atoms with Crippen molar-refractivity contribution in [3.05, 3.63) is 82.0 Å². The van der Waals surface area contributed by atoms with E-state index in [1.807, 2.05) is 0 Å². The highest BCUT2D eigenvalue weighted by Gasteiger charge is 2.35. The third kappa shape index (κ3) is 4.75. The van der Waals surface area contributed by atoms with E-state index in [0.717, 1.165) is 6.21 Å². The van der Waals surface area contributed by atoms with Crippen LogP contribution >= 0.6 is 0 Å². The Kier molecular flexibility index (Phi) is 6.85. The number of aromatic amines is 1. The van der Waals surface area contributed by atoms with E-state index in [4.69, 9.17) is 14.9 Å². The number of nitrogens with one attached hydrogen (secondary N) is 3. The molecule has 1 fully saturated rings. The van der Waals surface area contributed by atoms with E-state index in [-0.39, 0.29) is 29.2 Å². The fraction of sp³-hybridized carbons (Fsp3) is 0.240. The van der Waals surface area contributed by atoms with Crippen molar-refractivity contribution in [1.29, 1.82) is 5.41 Å². The Morgan fingerprint density at radius 1 is 1.12 bits per heavy atom. The maximum Gasteiger partial charge on any atom is 0.256 e. The minimum atomic E-state index is -0.414. The third-order valence-corrected chi connectivity index (χ3v) is 5.91. The summed E-state index contributed by atoms with van der Waals surface area (Å²) in [5.74, 6) is -0.526. The largest absolute Gasteiger partial charge is 0.377 e. The molecule has 9 heteroatoms. The topological polar surface area (TPSA) is 108 Å². The van der Waals surface area contributed by atoms with Crippen LogP contribution in [0.1, 0.15) is 15.9 Å². The summed E-state index contributed by atoms with van der Waals surface area (Å²) in [6, 6.07) is 12.5. The van der Waals surface area contributed by atoms with Gasteiger partial charge in [-0.3, -0.25) is 9.59 Å². The molecule has 3 N–H and O–H groups in total. The van der Waals surface area contributed by atoms with Gasteiger partial charge < -0.3 is 30.1 Å². The second-order valence-corrected chi connectivity index (χ2v) is 7.97. The first-order valence-electron chi connectivity index (χ1n) is 10.7. The fourth-order valence-electron chi connectivity index (χ4n) is 4.00. The number of hydrogen-bond acceptors (Lipinski definition) is 6. The van der Waals surface area contributed by atoms with Gasteiger partial charge >= 0.3 is 0 Å². The molecular formula is C25H25FN4O4. The lowest BCUT2D eigenvalue weighted by atomic mass is 10.1. The quantitative estimate of drug-likeness (QED) is 0.466. The van der Waals surface area contributed by atoms with E-state index in [2.05, 4.69) is 10.3 Å². The first kappa shape index (κ1) is 23.3. The molecule has 2 aromatic carbocycles. The summed E-state index contributed by atoms with van der Waals surface area (Å²) in [4.78, 5) is 29.7. The van der Waals surface area contributed by atoms with Gasteiger partial charge in [-0.2, -0.15) is 0 Å². The van der Waals surface area contributed by atoms with Crippen molar-refractivity contribution in [2.24, 2.45) is 0 Å². The lowest BCUT2D eigenvalue weighted by molar-refractivity contribution is -0.00461. The Morgan fingerprint density at radius 3 is 2.41 bits per heavy atom. The van der Waals surface area contributed by atoms with E-state index >= 15 is 0 Å². The van der Waals surface area contributed by atoms with Crippen LogP contribution in [0, 0.1) is 11.2 Å². The van der Waals surface area contributed by atoms with Gasteiger partial charge in [-0.25, -0.2) is 4.39 Å². The minimum absolute atomic E-state index is 0.112. The van der Waals surface area contributed by atoms with Gasteiger partial charge in [0.1, 0.15) is 18.0 Å². The van der Waals surface area contributed by atoms with Crippen molar-refractivity contribution in [3.8, 4) is 0 Å². The van der Waals surface area contributed by atoms with Crippen molar-refractivity contribution in [2.75, 3.05) is 32.6 Å². The molecule has 1 aliphatic rings. The average molecular weight is 464 g/mol. The summed E-state index contributed by atoms with van der Waals surface area (Å²) in [5, 5.41) is 11.3. The van der Waals surface area contributed by atoms with Crippen LogP contribution < -0.4 is 10.9 Å². The molecule has 0 radical (unpaired) electrons. The molecule has 1 saturated heterocycles. The van der Waals surface area contributed by atoms with Gasteiger partial charge in [0, 0.05) is 67.5 Å². The van der Waals surface area contributed by atoms with E-state index in [1.165, 1.54) is 24.4 Å². The Labute approximate surface area is 195 Å². The summed E-state index contributed by atoms with van der Waals surface area (Å²) in [6.45, 7) is 0.924. The highest BCUT2D eigenvalue weighted by molar-refractivity contribution is 6.09. The van der Waals surface area contributed by atoms with Crippen molar-refractivity contribution in [2.45, 2.75) is 12.2 Å². The van der Waals surface area contributed by atoms with Crippen LogP contribution in [-0.2, 0) is 9.47 Å². The molecule has 0 spiro atoms. The summed E-state index contributed by atoms with van der Waals surface area (Å²) >= 11 is 0. The Bertz CT molecular complexity index is 1290. The zero-order valence-electron chi connectivity index (χ0n) is 18.8. The molecule has 34 heavy (non-hydrogen) atoms. The van der Waals surface area contributed by atoms with Crippen LogP contribution in [0.2, 0.25) is 0 Å². The number of methoxy groups -OCH3 is 2. The van der Waals surface area contributed by atoms with Crippen molar-refractivity contribution in [3.63, 3.8) is 0 Å². The molecule has 2 heterocycles. The normalized spacial score (nSPS) is 18.3. The summed E-state index contributed by atoms with van der Waals surface area (Å²) < 4.78 is 24.4. The smallest absolute Gasteiger partial charge is 0.256 e. The molecular weight excluding hydrogens is 439 g/mol. The number of aromatic nitrogens is 1. The van der Waals surface area contributed by atoms with Crippen LogP contribution in [-0.4, -0.2) is 61.5 Å². The Balaban J connectivity index is 1.50. The number of H-pyrrole nitrogens is 1. The number of rotatable bonds is 7. The molecule has 0 unspecified atom stereocenters. The van der Waals surface area contributed by atoms with Crippen LogP contribution in [0.5, 0.6) is 0 Å². The summed E-state index contributed by atoms with van der Waals surface area (Å²) in [5.41, 5.74) is 1.89. The third-order valence-electron chi connectivity index (χ3n) is 5.91. The van der Waals surface area contributed by atoms with Crippen LogP contribution in [0.4, 0.5) is 10.1 Å². The molecule has 3 aromatic rings. The number of ether oxygens (including phenoxy) is 2. The SMILES string of the molecule is CO[C@@H]1CN(C(=O)c2ccc(N/C=C(\C=N)c3cc4cc(F)ccc4[nH]c3=O)cc2)C[C@H]1OC. The van der Waals surface area contributed by atoms with E-state index in [0.29, 0.717) is 40.8 Å². The number of likely N-dealkylation sites (tertiary alicyclic amines) is 1. The molecule has 2 atom stereocenters. The predicted octanol–water partition coefficient (Wildman–Crippen LogP) is 3.26. The van der Waals surface area contributed by atoms with E-state index in [1.54, 1.807) is 49.5 Å². The van der Waals surface area contributed by atoms with Crippen molar-refractivity contribution >= 4 is 34.3 Å². The average Bonchev–Trinajstić information content (AvgIpc) is 3.28. The summed E-state index contributed by atoms with van der Waals surface area (Å²) in [6.07, 6.45) is 2.25. The number of nitrogens with zero attached hydrogens (tertiary/aromatic N) is 1. The van der Waals surface area contributed by atoms with Crippen LogP contribution in [0.25, 0.3) is 16.5 Å². The van der Waals surface area contributed by atoms with Gasteiger partial charge in [-0.05, 0) is 48.5 Å². The number of fused-ring (bicyclic) bond motifs is 1. The zero-order valence-corrected chi connectivity index (χ0v) is 18.8. The number of amides is 1. The maximum absolute atomic E-state index is 13.6. The molecule has 8 nitrogen and oxygen atoms in total. The molecule has 0 saturated carbocycles. The number of pyridine rings is 1. The number of benzene rings is 2. The standard InChI is InChI=1S/C25H25FN4O4/c1-33-22-13-30(14-23(22)34-2)25(32)15-3-6-19(7-4-15)28-12-17(11-27)20-10-16-9-18(26)5-8-21(16)29-24(20)31/h3-12,22-23,27-28H,13-14H2,1-2H3,(H,29,31)/b17-12+,27-11?/t22-,23-/m1/s1. The highest BCUT2D eigenvalue weighted by atomic mass is 19.1. The molecule has 176 valence electrons. The maximum atomic E-state index is 13.6. The lowest BCUT2D eigenvalue weighted by Gasteiger charge is -2.16.